The van der Waals surface area contributed by atoms with Crippen molar-refractivity contribution in [3.63, 3.8) is 0 Å². The second-order valence-corrected chi connectivity index (χ2v) is 4.05. The number of nitro groups is 1. The first-order valence-corrected chi connectivity index (χ1v) is 5.94. The summed E-state index contributed by atoms with van der Waals surface area (Å²) in [5, 5.41) is 23.7. The summed E-state index contributed by atoms with van der Waals surface area (Å²) >= 11 is 0. The average Bonchev–Trinajstić information content (AvgIpc) is 3.18. The zero-order valence-electron chi connectivity index (χ0n) is 10.8. The molecule has 0 unspecified atom stereocenters. The van der Waals surface area contributed by atoms with Crippen LogP contribution < -0.4 is 5.32 Å². The van der Waals surface area contributed by atoms with E-state index in [1.807, 2.05) is 0 Å². The van der Waals surface area contributed by atoms with Crippen molar-refractivity contribution in [1.82, 2.24) is 15.4 Å². The summed E-state index contributed by atoms with van der Waals surface area (Å²) in [6.07, 6.45) is 1.41. The third-order valence-electron chi connectivity index (χ3n) is 2.63. The van der Waals surface area contributed by atoms with E-state index < -0.39 is 10.8 Å². The molecule has 0 fully saturated rings. The molecular formula is C12H7N5O5. The van der Waals surface area contributed by atoms with Gasteiger partial charge in [0.05, 0.1) is 11.1 Å². The Morgan fingerprint density at radius 2 is 1.95 bits per heavy atom. The van der Waals surface area contributed by atoms with Crippen LogP contribution in [0.1, 0.15) is 10.4 Å². The number of amides is 1. The third-order valence-corrected chi connectivity index (χ3v) is 2.63. The number of non-ortho nitro benzene ring substituents is 1. The van der Waals surface area contributed by atoms with Crippen molar-refractivity contribution < 1.29 is 18.7 Å². The number of carbonyl (C=O) groups excluding carboxylic acids is 1. The molecule has 0 bridgehead atoms. The molecule has 10 nitrogen and oxygen atoms in total. The lowest BCUT2D eigenvalue weighted by atomic mass is 10.2. The number of nitrogens with one attached hydrogen (secondary N) is 1. The molecular weight excluding hydrogens is 294 g/mol. The van der Waals surface area contributed by atoms with Crippen molar-refractivity contribution >= 4 is 17.6 Å². The summed E-state index contributed by atoms with van der Waals surface area (Å²) in [7, 11) is 0. The van der Waals surface area contributed by atoms with Crippen molar-refractivity contribution in [1.29, 1.82) is 0 Å². The van der Waals surface area contributed by atoms with Crippen LogP contribution in [-0.2, 0) is 0 Å². The van der Waals surface area contributed by atoms with Gasteiger partial charge in [-0.05, 0) is 12.1 Å². The number of rotatable bonds is 4. The lowest BCUT2D eigenvalue weighted by Crippen LogP contribution is -2.12. The van der Waals surface area contributed by atoms with Crippen LogP contribution in [0.15, 0.2) is 45.5 Å². The van der Waals surface area contributed by atoms with Crippen LogP contribution in [-0.4, -0.2) is 26.2 Å². The number of carbonyl (C=O) groups is 1. The number of nitro benzene ring substituents is 1. The number of hydrogen-bond donors (Lipinski definition) is 1. The van der Waals surface area contributed by atoms with Crippen LogP contribution in [0, 0.1) is 10.1 Å². The summed E-state index contributed by atoms with van der Waals surface area (Å²) in [5.74, 6) is -0.206. The van der Waals surface area contributed by atoms with Crippen LogP contribution in [0.25, 0.3) is 11.7 Å². The van der Waals surface area contributed by atoms with Crippen LogP contribution in [0.5, 0.6) is 0 Å². The van der Waals surface area contributed by atoms with Gasteiger partial charge in [0, 0.05) is 23.8 Å². The average molecular weight is 301 g/mol. The van der Waals surface area contributed by atoms with E-state index in [0.29, 0.717) is 0 Å². The second kappa shape index (κ2) is 5.44. The molecule has 0 saturated carbocycles. The number of anilines is 1. The van der Waals surface area contributed by atoms with Crippen molar-refractivity contribution in [3.05, 3.63) is 52.2 Å². The van der Waals surface area contributed by atoms with Gasteiger partial charge in [0.1, 0.15) is 0 Å². The minimum absolute atomic E-state index is 0.0662. The third kappa shape index (κ3) is 2.65. The van der Waals surface area contributed by atoms with Gasteiger partial charge in [0.25, 0.3) is 17.5 Å². The van der Waals surface area contributed by atoms with E-state index in [4.69, 9.17) is 8.94 Å². The number of nitrogens with zero attached hydrogens (tertiary/aromatic N) is 4. The Kier molecular flexibility index (Phi) is 3.32. The Hall–Kier alpha value is -3.56. The minimum Gasteiger partial charge on any atom is -0.400 e. The summed E-state index contributed by atoms with van der Waals surface area (Å²) in [4.78, 5) is 21.9. The highest BCUT2D eigenvalue weighted by Gasteiger charge is 2.15. The summed E-state index contributed by atoms with van der Waals surface area (Å²) < 4.78 is 10.0. The fourth-order valence-corrected chi connectivity index (χ4v) is 1.60. The zero-order chi connectivity index (χ0) is 15.5. The Balaban J connectivity index is 1.73. The maximum absolute atomic E-state index is 11.9. The minimum atomic E-state index is -0.552. The van der Waals surface area contributed by atoms with E-state index in [1.165, 1.54) is 36.5 Å². The van der Waals surface area contributed by atoms with Gasteiger partial charge in [0.2, 0.25) is 5.76 Å². The Morgan fingerprint density at radius 1 is 1.18 bits per heavy atom. The normalized spacial score (nSPS) is 10.4. The predicted molar refractivity (Wildman–Crippen MR) is 70.8 cm³/mol. The molecule has 110 valence electrons. The van der Waals surface area contributed by atoms with E-state index in [2.05, 4.69) is 20.7 Å². The monoisotopic (exact) mass is 301 g/mol. The maximum atomic E-state index is 11.9. The maximum Gasteiger partial charge on any atom is 0.322 e. The second-order valence-electron chi connectivity index (χ2n) is 4.05. The van der Waals surface area contributed by atoms with E-state index >= 15 is 0 Å². The molecule has 0 aliphatic rings. The fraction of sp³-hybridized carbons (Fsp3) is 0. The molecule has 2 heterocycles. The molecule has 1 amide bonds. The molecule has 0 saturated heterocycles. The first-order chi connectivity index (χ1) is 10.6. The molecule has 0 spiro atoms. The highest BCUT2D eigenvalue weighted by molar-refractivity contribution is 6.03. The molecule has 1 aromatic carbocycles. The molecule has 0 aliphatic carbocycles. The molecule has 2 aromatic heterocycles. The molecule has 3 aromatic rings. The molecule has 1 N–H and O–H groups in total. The predicted octanol–water partition coefficient (Wildman–Crippen LogP) is 1.89. The molecule has 0 aliphatic heterocycles. The first kappa shape index (κ1) is 13.4. The van der Waals surface area contributed by atoms with Crippen LogP contribution in [0.3, 0.4) is 0 Å². The van der Waals surface area contributed by atoms with Gasteiger partial charge in [-0.1, -0.05) is 10.3 Å². The van der Waals surface area contributed by atoms with Crippen molar-refractivity contribution in [2.45, 2.75) is 0 Å². The highest BCUT2D eigenvalue weighted by atomic mass is 16.6. The van der Waals surface area contributed by atoms with Crippen LogP contribution in [0.2, 0.25) is 0 Å². The molecule has 10 heteroatoms. The van der Waals surface area contributed by atoms with Gasteiger partial charge in [-0.2, -0.15) is 0 Å². The lowest BCUT2D eigenvalue weighted by molar-refractivity contribution is -0.384. The summed E-state index contributed by atoms with van der Waals surface area (Å²) in [6.45, 7) is 0. The Bertz CT molecular complexity index is 809. The summed E-state index contributed by atoms with van der Waals surface area (Å²) in [6, 6.07) is 6.48. The number of aromatic nitrogens is 3. The van der Waals surface area contributed by atoms with Crippen molar-refractivity contribution in [2.24, 2.45) is 0 Å². The van der Waals surface area contributed by atoms with Crippen molar-refractivity contribution in [2.75, 3.05) is 5.32 Å². The number of benzene rings is 1. The molecule has 0 radical (unpaired) electrons. The molecule has 0 atom stereocenters. The lowest BCUT2D eigenvalue weighted by Gasteiger charge is -1.99. The number of hydrogen-bond acceptors (Lipinski definition) is 8. The molecule has 3 rings (SSSR count). The van der Waals surface area contributed by atoms with Crippen molar-refractivity contribution in [3.8, 4) is 11.7 Å². The van der Waals surface area contributed by atoms with Gasteiger partial charge in [-0.25, -0.2) is 0 Å². The van der Waals surface area contributed by atoms with Gasteiger partial charge < -0.3 is 8.94 Å². The SMILES string of the molecule is O=C(Nc1nnc(-c2ccno2)o1)c1ccc([N+](=O)[O-])cc1. The Labute approximate surface area is 121 Å². The standard InChI is InChI=1S/C12H7N5O5/c18-10(7-1-3-8(4-2-7)17(19)20)14-12-16-15-11(21-12)9-5-6-13-22-9/h1-6H,(H,14,16,18). The highest BCUT2D eigenvalue weighted by Crippen LogP contribution is 2.19. The largest absolute Gasteiger partial charge is 0.400 e. The van der Waals surface area contributed by atoms with Gasteiger partial charge in [0.15, 0.2) is 0 Å². The smallest absolute Gasteiger partial charge is 0.322 e. The Morgan fingerprint density at radius 3 is 2.59 bits per heavy atom. The van der Waals surface area contributed by atoms with E-state index in [9.17, 15) is 14.9 Å². The van der Waals surface area contributed by atoms with Gasteiger partial charge in [-0.3, -0.25) is 20.2 Å². The topological polar surface area (TPSA) is 137 Å². The van der Waals surface area contributed by atoms with E-state index in [1.54, 1.807) is 0 Å². The van der Waals surface area contributed by atoms with E-state index in [0.717, 1.165) is 0 Å². The first-order valence-electron chi connectivity index (χ1n) is 5.94. The van der Waals surface area contributed by atoms with Crippen LogP contribution >= 0.6 is 0 Å². The van der Waals surface area contributed by atoms with Gasteiger partial charge >= 0.3 is 6.01 Å². The fourth-order valence-electron chi connectivity index (χ4n) is 1.60. The molecule has 22 heavy (non-hydrogen) atoms. The summed E-state index contributed by atoms with van der Waals surface area (Å²) in [5.41, 5.74) is 0.104. The van der Waals surface area contributed by atoms with Crippen LogP contribution in [0.4, 0.5) is 11.7 Å². The zero-order valence-corrected chi connectivity index (χ0v) is 10.8. The quantitative estimate of drug-likeness (QED) is 0.569. The van der Waals surface area contributed by atoms with Gasteiger partial charge in [-0.15, -0.1) is 5.10 Å². The van der Waals surface area contributed by atoms with E-state index in [-0.39, 0.29) is 28.9 Å².